The molecule has 0 bridgehead atoms. The van der Waals surface area contributed by atoms with Crippen molar-refractivity contribution in [1.29, 1.82) is 0 Å². The highest BCUT2D eigenvalue weighted by Gasteiger charge is 2.18. The van der Waals surface area contributed by atoms with Crippen molar-refractivity contribution in [3.8, 4) is 0 Å². The Balaban J connectivity index is 2.44. The van der Waals surface area contributed by atoms with Gasteiger partial charge in [0.25, 0.3) is 5.69 Å². The number of rotatable bonds is 3. The second-order valence-corrected chi connectivity index (χ2v) is 4.44. The number of thiophene rings is 1. The van der Waals surface area contributed by atoms with Crippen LogP contribution in [0.3, 0.4) is 0 Å². The van der Waals surface area contributed by atoms with Crippen LogP contribution < -0.4 is 5.73 Å². The molecule has 0 radical (unpaired) electrons. The van der Waals surface area contributed by atoms with Gasteiger partial charge in [0, 0.05) is 22.6 Å². The van der Waals surface area contributed by atoms with E-state index in [1.807, 2.05) is 5.38 Å². The monoisotopic (exact) mass is 252 g/mol. The Hall–Kier alpha value is -1.79. The highest BCUT2D eigenvalue weighted by atomic mass is 32.1. The lowest BCUT2D eigenvalue weighted by Crippen LogP contribution is -2.12. The van der Waals surface area contributed by atoms with Crippen molar-refractivity contribution >= 4 is 17.0 Å². The molecule has 0 fully saturated rings. The Labute approximate surface area is 101 Å². The fourth-order valence-electron chi connectivity index (χ4n) is 1.50. The summed E-state index contributed by atoms with van der Waals surface area (Å²) >= 11 is 1.39. The van der Waals surface area contributed by atoms with Crippen molar-refractivity contribution in [2.75, 3.05) is 0 Å². The summed E-state index contributed by atoms with van der Waals surface area (Å²) in [5, 5.41) is 12.4. The second kappa shape index (κ2) is 4.60. The topological polar surface area (TPSA) is 69.2 Å². The van der Waals surface area contributed by atoms with Crippen LogP contribution in [0.2, 0.25) is 0 Å². The molecule has 0 amide bonds. The summed E-state index contributed by atoms with van der Waals surface area (Å²) in [5.41, 5.74) is 5.86. The van der Waals surface area contributed by atoms with Gasteiger partial charge < -0.3 is 5.73 Å². The normalized spacial score (nSPS) is 12.4. The van der Waals surface area contributed by atoms with Gasteiger partial charge in [-0.2, -0.15) is 0 Å². The van der Waals surface area contributed by atoms with Crippen LogP contribution in [0, 0.1) is 15.9 Å². The van der Waals surface area contributed by atoms with E-state index in [2.05, 4.69) is 0 Å². The molecule has 0 unspecified atom stereocenters. The maximum absolute atomic E-state index is 13.6. The Morgan fingerprint density at radius 1 is 1.41 bits per heavy atom. The number of nitro groups is 1. The molecule has 2 rings (SSSR count). The number of nitro benzene ring substituents is 1. The summed E-state index contributed by atoms with van der Waals surface area (Å²) in [6, 6.07) is 6.28. The minimum Gasteiger partial charge on any atom is -0.320 e. The van der Waals surface area contributed by atoms with Crippen LogP contribution in [0.1, 0.15) is 16.5 Å². The van der Waals surface area contributed by atoms with Gasteiger partial charge in [-0.15, -0.1) is 11.3 Å². The zero-order chi connectivity index (χ0) is 12.4. The second-order valence-electron chi connectivity index (χ2n) is 3.46. The molecule has 4 nitrogen and oxygen atoms in total. The first-order valence-corrected chi connectivity index (χ1v) is 5.70. The maximum Gasteiger partial charge on any atom is 0.269 e. The summed E-state index contributed by atoms with van der Waals surface area (Å²) in [7, 11) is 0. The van der Waals surface area contributed by atoms with Crippen molar-refractivity contribution < 1.29 is 9.31 Å². The van der Waals surface area contributed by atoms with E-state index in [0.717, 1.165) is 17.0 Å². The summed E-state index contributed by atoms with van der Waals surface area (Å²) < 4.78 is 13.6. The third kappa shape index (κ3) is 2.32. The smallest absolute Gasteiger partial charge is 0.269 e. The highest BCUT2D eigenvalue weighted by molar-refractivity contribution is 7.10. The predicted molar refractivity (Wildman–Crippen MR) is 63.4 cm³/mol. The SMILES string of the molecule is N[C@@H](c1cccs1)c1cc([N+](=O)[O-])ccc1F. The Bertz CT molecular complexity index is 542. The molecule has 2 N–H and O–H groups in total. The van der Waals surface area contributed by atoms with Crippen molar-refractivity contribution in [1.82, 2.24) is 0 Å². The van der Waals surface area contributed by atoms with E-state index in [9.17, 15) is 14.5 Å². The highest BCUT2D eigenvalue weighted by Crippen LogP contribution is 2.28. The number of nitrogens with two attached hydrogens (primary N) is 1. The number of halogens is 1. The average molecular weight is 252 g/mol. The van der Waals surface area contributed by atoms with E-state index in [1.165, 1.54) is 17.4 Å². The minimum atomic E-state index is -0.671. The van der Waals surface area contributed by atoms with Gasteiger partial charge in [0.05, 0.1) is 11.0 Å². The number of non-ortho nitro benzene ring substituents is 1. The van der Waals surface area contributed by atoms with Crippen molar-refractivity contribution in [2.24, 2.45) is 5.73 Å². The van der Waals surface area contributed by atoms with Crippen molar-refractivity contribution in [3.63, 3.8) is 0 Å². The van der Waals surface area contributed by atoms with E-state index < -0.39 is 16.8 Å². The number of benzene rings is 1. The molecule has 0 saturated carbocycles. The van der Waals surface area contributed by atoms with Crippen LogP contribution in [0.25, 0.3) is 0 Å². The summed E-state index contributed by atoms with van der Waals surface area (Å²) in [6.07, 6.45) is 0. The first-order valence-electron chi connectivity index (χ1n) is 4.82. The van der Waals surface area contributed by atoms with Crippen LogP contribution in [-0.4, -0.2) is 4.92 Å². The summed E-state index contributed by atoms with van der Waals surface area (Å²) in [5.74, 6) is -0.531. The lowest BCUT2D eigenvalue weighted by Gasteiger charge is -2.10. The van der Waals surface area contributed by atoms with E-state index >= 15 is 0 Å². The quantitative estimate of drug-likeness (QED) is 0.674. The van der Waals surface area contributed by atoms with Crippen LogP contribution in [0.5, 0.6) is 0 Å². The van der Waals surface area contributed by atoms with Crippen LogP contribution >= 0.6 is 11.3 Å². The Morgan fingerprint density at radius 2 is 2.18 bits per heavy atom. The molecule has 1 aromatic heterocycles. The molecular weight excluding hydrogens is 243 g/mol. The fraction of sp³-hybridized carbons (Fsp3) is 0.0909. The molecule has 88 valence electrons. The number of nitrogens with zero attached hydrogens (tertiary/aromatic N) is 1. The molecule has 17 heavy (non-hydrogen) atoms. The largest absolute Gasteiger partial charge is 0.320 e. The van der Waals surface area contributed by atoms with E-state index in [4.69, 9.17) is 5.73 Å². The predicted octanol–water partition coefficient (Wildman–Crippen LogP) is 2.84. The van der Waals surface area contributed by atoms with Gasteiger partial charge in [-0.3, -0.25) is 10.1 Å². The fourth-order valence-corrected chi connectivity index (χ4v) is 2.25. The van der Waals surface area contributed by atoms with Gasteiger partial charge in [0.1, 0.15) is 5.82 Å². The van der Waals surface area contributed by atoms with E-state index in [-0.39, 0.29) is 11.3 Å². The molecule has 1 aromatic carbocycles. The van der Waals surface area contributed by atoms with Gasteiger partial charge in [-0.1, -0.05) is 6.07 Å². The third-order valence-corrected chi connectivity index (χ3v) is 3.33. The number of hydrogen-bond donors (Lipinski definition) is 1. The molecule has 0 spiro atoms. The molecule has 1 atom stereocenters. The third-order valence-electron chi connectivity index (χ3n) is 2.38. The summed E-state index contributed by atoms with van der Waals surface area (Å²) in [6.45, 7) is 0. The van der Waals surface area contributed by atoms with E-state index in [0.29, 0.717) is 0 Å². The Kier molecular flexibility index (Phi) is 3.16. The standard InChI is InChI=1S/C11H9FN2O2S/c12-9-4-3-7(14(15)16)6-8(9)11(13)10-2-1-5-17-10/h1-6,11H,13H2/t11-/m1/s1. The zero-order valence-corrected chi connectivity index (χ0v) is 9.49. The number of hydrogen-bond acceptors (Lipinski definition) is 4. The maximum atomic E-state index is 13.6. The molecule has 1 heterocycles. The van der Waals surface area contributed by atoms with Crippen molar-refractivity contribution in [3.05, 3.63) is 62.1 Å². The van der Waals surface area contributed by atoms with Crippen LogP contribution in [0.4, 0.5) is 10.1 Å². The molecule has 6 heteroatoms. The lowest BCUT2D eigenvalue weighted by molar-refractivity contribution is -0.385. The minimum absolute atomic E-state index is 0.140. The van der Waals surface area contributed by atoms with Crippen molar-refractivity contribution in [2.45, 2.75) is 6.04 Å². The van der Waals surface area contributed by atoms with Gasteiger partial charge >= 0.3 is 0 Å². The van der Waals surface area contributed by atoms with Gasteiger partial charge in [-0.25, -0.2) is 4.39 Å². The molecule has 0 aliphatic carbocycles. The van der Waals surface area contributed by atoms with Gasteiger partial charge in [0.2, 0.25) is 0 Å². The lowest BCUT2D eigenvalue weighted by atomic mass is 10.0. The summed E-state index contributed by atoms with van der Waals surface area (Å²) in [4.78, 5) is 10.8. The first kappa shape index (κ1) is 11.7. The van der Waals surface area contributed by atoms with E-state index in [1.54, 1.807) is 12.1 Å². The molecular formula is C11H9FN2O2S. The van der Waals surface area contributed by atoms with Crippen LogP contribution in [-0.2, 0) is 0 Å². The zero-order valence-electron chi connectivity index (χ0n) is 8.67. The molecule has 0 aliphatic rings. The molecule has 0 aliphatic heterocycles. The van der Waals surface area contributed by atoms with Crippen LogP contribution in [0.15, 0.2) is 35.7 Å². The van der Waals surface area contributed by atoms with Gasteiger partial charge in [0.15, 0.2) is 0 Å². The molecule has 0 saturated heterocycles. The Morgan fingerprint density at radius 3 is 2.76 bits per heavy atom. The van der Waals surface area contributed by atoms with Gasteiger partial charge in [-0.05, 0) is 17.5 Å². The first-order chi connectivity index (χ1) is 8.09. The average Bonchev–Trinajstić information content (AvgIpc) is 2.81. The molecule has 2 aromatic rings.